The number of aryl methyl sites for hydroxylation is 1. The molecule has 0 saturated heterocycles. The van der Waals surface area contributed by atoms with Crippen LogP contribution in [0.15, 0.2) is 85.7 Å². The Morgan fingerprint density at radius 3 is 2.30 bits per heavy atom. The summed E-state index contributed by atoms with van der Waals surface area (Å²) in [7, 11) is 5.62. The van der Waals surface area contributed by atoms with Crippen LogP contribution < -0.4 is 0 Å². The molecular weight excluding hydrogens is 432 g/mol. The standard InChI is InChI=1S/C25H28N6OS/c1-5-22(23-26-12-14-30(23)2)28-18-8-6-10-20(16-18)33-21-11-7-9-19(17-21)29-25(32-4)24-27-13-15-31(24)3/h6-12,14,16-17H,5,13,15H2,1-4H3. The van der Waals surface area contributed by atoms with Gasteiger partial charge < -0.3 is 14.2 Å². The van der Waals surface area contributed by atoms with Gasteiger partial charge in [-0.05, 0) is 42.8 Å². The lowest BCUT2D eigenvalue weighted by Crippen LogP contribution is -2.30. The van der Waals surface area contributed by atoms with E-state index in [1.807, 2.05) is 49.1 Å². The van der Waals surface area contributed by atoms with Crippen LogP contribution >= 0.6 is 11.8 Å². The number of amidine groups is 1. The van der Waals surface area contributed by atoms with Crippen molar-refractivity contribution >= 4 is 40.6 Å². The highest BCUT2D eigenvalue weighted by molar-refractivity contribution is 7.99. The quantitative estimate of drug-likeness (QED) is 0.362. The Kier molecular flexibility index (Phi) is 7.24. The lowest BCUT2D eigenvalue weighted by atomic mass is 10.2. The first kappa shape index (κ1) is 22.8. The molecule has 0 bridgehead atoms. The molecule has 0 atom stereocenters. The second-order valence-electron chi connectivity index (χ2n) is 7.62. The van der Waals surface area contributed by atoms with Gasteiger partial charge in [-0.15, -0.1) is 0 Å². The largest absolute Gasteiger partial charge is 0.478 e. The highest BCUT2D eigenvalue weighted by atomic mass is 32.2. The van der Waals surface area contributed by atoms with Crippen molar-refractivity contribution in [3.63, 3.8) is 0 Å². The highest BCUT2D eigenvalue weighted by Gasteiger charge is 2.19. The van der Waals surface area contributed by atoms with Gasteiger partial charge in [0.05, 0.1) is 30.7 Å². The molecular formula is C25H28N6OS. The molecule has 4 rings (SSSR count). The smallest absolute Gasteiger partial charge is 0.257 e. The Balaban J connectivity index is 1.55. The van der Waals surface area contributed by atoms with Crippen LogP contribution in [0.25, 0.3) is 0 Å². The molecule has 0 spiro atoms. The molecule has 1 aliphatic heterocycles. The maximum absolute atomic E-state index is 5.52. The molecule has 0 amide bonds. The molecule has 0 unspecified atom stereocenters. The zero-order valence-corrected chi connectivity index (χ0v) is 20.2. The van der Waals surface area contributed by atoms with Gasteiger partial charge in [0.1, 0.15) is 0 Å². The number of hydrogen-bond donors (Lipinski definition) is 0. The molecule has 0 radical (unpaired) electrons. The van der Waals surface area contributed by atoms with Gasteiger partial charge in [0.2, 0.25) is 0 Å². The lowest BCUT2D eigenvalue weighted by Gasteiger charge is -2.14. The average molecular weight is 461 g/mol. The van der Waals surface area contributed by atoms with E-state index in [4.69, 9.17) is 14.7 Å². The second-order valence-corrected chi connectivity index (χ2v) is 8.77. The van der Waals surface area contributed by atoms with Crippen molar-refractivity contribution in [3.8, 4) is 0 Å². The lowest BCUT2D eigenvalue weighted by molar-refractivity contribution is 0.404. The summed E-state index contributed by atoms with van der Waals surface area (Å²) in [4.78, 5) is 22.8. The van der Waals surface area contributed by atoms with E-state index in [0.29, 0.717) is 5.90 Å². The van der Waals surface area contributed by atoms with Crippen LogP contribution in [-0.2, 0) is 11.8 Å². The Morgan fingerprint density at radius 2 is 1.76 bits per heavy atom. The highest BCUT2D eigenvalue weighted by Crippen LogP contribution is 2.32. The predicted molar refractivity (Wildman–Crippen MR) is 136 cm³/mol. The second kappa shape index (κ2) is 10.5. The van der Waals surface area contributed by atoms with E-state index in [1.54, 1.807) is 25.1 Å². The van der Waals surface area contributed by atoms with Gasteiger partial charge in [-0.1, -0.05) is 30.8 Å². The molecule has 2 heterocycles. The normalized spacial score (nSPS) is 14.5. The fraction of sp³-hybridized carbons (Fsp3) is 0.280. The first-order valence-corrected chi connectivity index (χ1v) is 11.7. The van der Waals surface area contributed by atoms with Crippen LogP contribution in [0.2, 0.25) is 0 Å². The van der Waals surface area contributed by atoms with Gasteiger partial charge in [0, 0.05) is 42.8 Å². The molecule has 0 N–H and O–H groups in total. The van der Waals surface area contributed by atoms with E-state index < -0.39 is 0 Å². The number of ether oxygens (including phenoxy) is 1. The number of rotatable bonds is 7. The zero-order chi connectivity index (χ0) is 23.2. The molecule has 2 aromatic carbocycles. The van der Waals surface area contributed by atoms with Crippen molar-refractivity contribution in [2.45, 2.75) is 23.1 Å². The van der Waals surface area contributed by atoms with Gasteiger partial charge in [0.15, 0.2) is 11.7 Å². The summed E-state index contributed by atoms with van der Waals surface area (Å²) in [6, 6.07) is 16.4. The monoisotopic (exact) mass is 460 g/mol. The summed E-state index contributed by atoms with van der Waals surface area (Å²) in [5.74, 6) is 2.23. The third kappa shape index (κ3) is 5.51. The average Bonchev–Trinajstić information content (AvgIpc) is 3.44. The van der Waals surface area contributed by atoms with Crippen molar-refractivity contribution in [3.05, 3.63) is 66.7 Å². The van der Waals surface area contributed by atoms with E-state index in [-0.39, 0.29) is 0 Å². The molecule has 1 aliphatic rings. The summed E-state index contributed by atoms with van der Waals surface area (Å²) >= 11 is 1.68. The van der Waals surface area contributed by atoms with Gasteiger partial charge in [0.25, 0.3) is 5.90 Å². The van der Waals surface area contributed by atoms with E-state index in [1.165, 1.54) is 0 Å². The first-order valence-electron chi connectivity index (χ1n) is 10.9. The molecule has 0 saturated carbocycles. The van der Waals surface area contributed by atoms with Crippen molar-refractivity contribution in [1.29, 1.82) is 0 Å². The number of benzene rings is 2. The van der Waals surface area contributed by atoms with Crippen LogP contribution in [0.5, 0.6) is 0 Å². The Hall–Kier alpha value is -3.39. The van der Waals surface area contributed by atoms with E-state index in [2.05, 4.69) is 46.1 Å². The van der Waals surface area contributed by atoms with Crippen molar-refractivity contribution in [1.82, 2.24) is 14.5 Å². The summed E-state index contributed by atoms with van der Waals surface area (Å²) in [6.07, 6.45) is 4.55. The number of likely N-dealkylation sites (N-methyl/N-ethyl adjacent to an activating group) is 1. The molecule has 8 heteroatoms. The van der Waals surface area contributed by atoms with Crippen LogP contribution in [0, 0.1) is 0 Å². The number of imidazole rings is 1. The minimum absolute atomic E-state index is 0.537. The van der Waals surface area contributed by atoms with Gasteiger partial charge in [-0.3, -0.25) is 4.99 Å². The van der Waals surface area contributed by atoms with Crippen LogP contribution in [0.3, 0.4) is 0 Å². The van der Waals surface area contributed by atoms with E-state index in [0.717, 1.165) is 58.0 Å². The molecule has 1 aromatic heterocycles. The molecule has 7 nitrogen and oxygen atoms in total. The van der Waals surface area contributed by atoms with Gasteiger partial charge in [-0.25, -0.2) is 15.0 Å². The molecule has 3 aromatic rings. The first-order chi connectivity index (χ1) is 16.1. The summed E-state index contributed by atoms with van der Waals surface area (Å²) < 4.78 is 7.51. The summed E-state index contributed by atoms with van der Waals surface area (Å²) in [5.41, 5.74) is 2.71. The minimum Gasteiger partial charge on any atom is -0.478 e. The number of methoxy groups -OCH3 is 1. The third-order valence-corrected chi connectivity index (χ3v) is 6.20. The third-order valence-electron chi connectivity index (χ3n) is 5.22. The Labute approximate surface area is 199 Å². The van der Waals surface area contributed by atoms with Gasteiger partial charge in [-0.2, -0.15) is 0 Å². The van der Waals surface area contributed by atoms with Crippen LogP contribution in [-0.4, -0.2) is 59.1 Å². The zero-order valence-electron chi connectivity index (χ0n) is 19.4. The molecule has 170 valence electrons. The van der Waals surface area contributed by atoms with Crippen LogP contribution in [0.1, 0.15) is 19.2 Å². The molecule has 0 aliphatic carbocycles. The summed E-state index contributed by atoms with van der Waals surface area (Å²) in [6.45, 7) is 3.75. The van der Waals surface area contributed by atoms with E-state index in [9.17, 15) is 0 Å². The minimum atomic E-state index is 0.537. The summed E-state index contributed by atoms with van der Waals surface area (Å²) in [5, 5.41) is 0. The SMILES string of the molecule is CCC(=Nc1cccc(Sc2cccc(N=C(OC)C3=NCCN3C)c2)c1)c1nccn1C. The number of aromatic nitrogens is 2. The fourth-order valence-electron chi connectivity index (χ4n) is 3.52. The Bertz CT molecular complexity index is 1210. The number of hydrogen-bond acceptors (Lipinski definition) is 7. The predicted octanol–water partition coefficient (Wildman–Crippen LogP) is 5.12. The molecule has 0 fully saturated rings. The van der Waals surface area contributed by atoms with Crippen molar-refractivity contribution < 1.29 is 4.74 Å². The fourth-order valence-corrected chi connectivity index (χ4v) is 4.45. The van der Waals surface area contributed by atoms with Crippen molar-refractivity contribution in [2.75, 3.05) is 27.2 Å². The maximum Gasteiger partial charge on any atom is 0.257 e. The number of aliphatic imine (C=N–C) groups is 3. The maximum atomic E-state index is 5.52. The number of nitrogens with zero attached hydrogens (tertiary/aromatic N) is 6. The van der Waals surface area contributed by atoms with Gasteiger partial charge >= 0.3 is 0 Å². The van der Waals surface area contributed by atoms with E-state index >= 15 is 0 Å². The topological polar surface area (TPSA) is 67.4 Å². The van der Waals surface area contributed by atoms with Crippen LogP contribution in [0.4, 0.5) is 11.4 Å². The Morgan fingerprint density at radius 1 is 1.06 bits per heavy atom. The van der Waals surface area contributed by atoms with Crippen molar-refractivity contribution in [2.24, 2.45) is 22.0 Å². The molecule has 33 heavy (non-hydrogen) atoms.